The van der Waals surface area contributed by atoms with Crippen molar-refractivity contribution in [2.24, 2.45) is 5.92 Å². The molecular formula is C12H15NO. The van der Waals surface area contributed by atoms with Crippen LogP contribution in [0.5, 0.6) is 0 Å². The first-order valence-electron chi connectivity index (χ1n) is 5.12. The van der Waals surface area contributed by atoms with Gasteiger partial charge in [-0.2, -0.15) is 0 Å². The molecule has 1 saturated carbocycles. The van der Waals surface area contributed by atoms with E-state index in [1.54, 1.807) is 0 Å². The molecule has 1 aliphatic rings. The molecule has 0 bridgehead atoms. The molecule has 1 fully saturated rings. The Kier molecular flexibility index (Phi) is 2.53. The second kappa shape index (κ2) is 3.82. The van der Waals surface area contributed by atoms with Crippen LogP contribution in [0.1, 0.15) is 31.4 Å². The smallest absolute Gasteiger partial charge is 0.223 e. The van der Waals surface area contributed by atoms with Gasteiger partial charge in [-0.15, -0.1) is 0 Å². The molecule has 0 saturated heterocycles. The van der Waals surface area contributed by atoms with Gasteiger partial charge in [0.15, 0.2) is 0 Å². The van der Waals surface area contributed by atoms with Gasteiger partial charge >= 0.3 is 0 Å². The monoisotopic (exact) mass is 189 g/mol. The Morgan fingerprint density at radius 3 is 2.57 bits per heavy atom. The number of rotatable bonds is 3. The van der Waals surface area contributed by atoms with Crippen molar-refractivity contribution in [2.75, 3.05) is 0 Å². The largest absolute Gasteiger partial charge is 0.349 e. The zero-order valence-electron chi connectivity index (χ0n) is 8.36. The predicted molar refractivity (Wildman–Crippen MR) is 55.7 cm³/mol. The zero-order chi connectivity index (χ0) is 9.97. The molecular weight excluding hydrogens is 174 g/mol. The average Bonchev–Trinajstić information content (AvgIpc) is 3.02. The van der Waals surface area contributed by atoms with Gasteiger partial charge in [0.2, 0.25) is 5.91 Å². The van der Waals surface area contributed by atoms with Crippen molar-refractivity contribution in [3.8, 4) is 0 Å². The van der Waals surface area contributed by atoms with Crippen molar-refractivity contribution in [2.45, 2.75) is 25.8 Å². The highest BCUT2D eigenvalue weighted by Gasteiger charge is 2.30. The maximum atomic E-state index is 11.5. The normalized spacial score (nSPS) is 17.5. The van der Waals surface area contributed by atoms with Crippen LogP contribution in [0.3, 0.4) is 0 Å². The van der Waals surface area contributed by atoms with Crippen LogP contribution in [-0.2, 0) is 4.79 Å². The predicted octanol–water partition coefficient (Wildman–Crippen LogP) is 2.27. The van der Waals surface area contributed by atoms with Gasteiger partial charge in [0, 0.05) is 5.92 Å². The maximum Gasteiger partial charge on any atom is 0.223 e. The van der Waals surface area contributed by atoms with Gasteiger partial charge in [0.25, 0.3) is 0 Å². The molecule has 0 aliphatic heterocycles. The van der Waals surface area contributed by atoms with Crippen LogP contribution in [0.4, 0.5) is 0 Å². The Balaban J connectivity index is 1.95. The molecule has 1 aromatic carbocycles. The molecule has 2 heteroatoms. The lowest BCUT2D eigenvalue weighted by atomic mass is 10.1. The minimum absolute atomic E-state index is 0.129. The van der Waals surface area contributed by atoms with E-state index in [-0.39, 0.29) is 11.9 Å². The molecule has 0 spiro atoms. The molecule has 0 unspecified atom stereocenters. The fraction of sp³-hybridized carbons (Fsp3) is 0.417. The highest BCUT2D eigenvalue weighted by Crippen LogP contribution is 2.29. The third kappa shape index (κ3) is 2.13. The third-order valence-corrected chi connectivity index (χ3v) is 2.61. The van der Waals surface area contributed by atoms with Crippen LogP contribution >= 0.6 is 0 Å². The van der Waals surface area contributed by atoms with E-state index >= 15 is 0 Å². The second-order valence-corrected chi connectivity index (χ2v) is 3.92. The van der Waals surface area contributed by atoms with E-state index in [9.17, 15) is 4.79 Å². The number of hydrogen-bond acceptors (Lipinski definition) is 1. The summed E-state index contributed by atoms with van der Waals surface area (Å²) >= 11 is 0. The number of hydrogen-bond donors (Lipinski definition) is 1. The minimum atomic E-state index is 0.129. The van der Waals surface area contributed by atoms with Gasteiger partial charge in [-0.3, -0.25) is 4.79 Å². The molecule has 1 N–H and O–H groups in total. The zero-order valence-corrected chi connectivity index (χ0v) is 8.36. The van der Waals surface area contributed by atoms with Crippen molar-refractivity contribution in [1.82, 2.24) is 5.32 Å². The summed E-state index contributed by atoms with van der Waals surface area (Å²) in [7, 11) is 0. The molecule has 0 heterocycles. The third-order valence-electron chi connectivity index (χ3n) is 2.61. The number of carbonyl (C=O) groups excluding carboxylic acids is 1. The Morgan fingerprint density at radius 2 is 2.00 bits per heavy atom. The summed E-state index contributed by atoms with van der Waals surface area (Å²) < 4.78 is 0. The van der Waals surface area contributed by atoms with Crippen molar-refractivity contribution >= 4 is 5.91 Å². The van der Waals surface area contributed by atoms with Crippen molar-refractivity contribution in [3.05, 3.63) is 35.9 Å². The van der Waals surface area contributed by atoms with E-state index in [1.807, 2.05) is 37.3 Å². The highest BCUT2D eigenvalue weighted by atomic mass is 16.2. The lowest BCUT2D eigenvalue weighted by Crippen LogP contribution is -2.27. The lowest BCUT2D eigenvalue weighted by Gasteiger charge is -2.13. The van der Waals surface area contributed by atoms with E-state index in [4.69, 9.17) is 0 Å². The van der Waals surface area contributed by atoms with Crippen LogP contribution in [0.25, 0.3) is 0 Å². The summed E-state index contributed by atoms with van der Waals surface area (Å²) in [4.78, 5) is 11.5. The summed E-state index contributed by atoms with van der Waals surface area (Å²) in [5.74, 6) is 0.502. The van der Waals surface area contributed by atoms with Gasteiger partial charge < -0.3 is 5.32 Å². The molecule has 0 radical (unpaired) electrons. The summed E-state index contributed by atoms with van der Waals surface area (Å²) in [6.07, 6.45) is 2.13. The molecule has 74 valence electrons. The molecule has 1 atom stereocenters. The number of nitrogens with one attached hydrogen (secondary N) is 1. The van der Waals surface area contributed by atoms with Crippen molar-refractivity contribution in [1.29, 1.82) is 0 Å². The standard InChI is InChI=1S/C12H15NO/c1-9(10-5-3-2-4-6-10)13-12(14)11-7-8-11/h2-6,9,11H,7-8H2,1H3,(H,13,14)/t9-/m0/s1. The summed E-state index contributed by atoms with van der Waals surface area (Å²) in [6, 6.07) is 10.2. The Labute approximate surface area is 84.3 Å². The number of amides is 1. The van der Waals surface area contributed by atoms with Crippen molar-refractivity contribution in [3.63, 3.8) is 0 Å². The summed E-state index contributed by atoms with van der Waals surface area (Å²) in [5, 5.41) is 3.02. The first-order valence-corrected chi connectivity index (χ1v) is 5.12. The fourth-order valence-electron chi connectivity index (χ4n) is 1.50. The quantitative estimate of drug-likeness (QED) is 0.776. The van der Waals surface area contributed by atoms with E-state index in [2.05, 4.69) is 5.32 Å². The maximum absolute atomic E-state index is 11.5. The minimum Gasteiger partial charge on any atom is -0.349 e. The van der Waals surface area contributed by atoms with Crippen LogP contribution < -0.4 is 5.32 Å². The first kappa shape index (κ1) is 9.25. The topological polar surface area (TPSA) is 29.1 Å². The Bertz CT molecular complexity index is 316. The first-order chi connectivity index (χ1) is 6.77. The lowest BCUT2D eigenvalue weighted by molar-refractivity contribution is -0.122. The number of carbonyl (C=O) groups is 1. The molecule has 1 aliphatic carbocycles. The van der Waals surface area contributed by atoms with E-state index in [1.165, 1.54) is 5.56 Å². The molecule has 2 rings (SSSR count). The Morgan fingerprint density at radius 1 is 1.36 bits per heavy atom. The summed E-state index contributed by atoms with van der Waals surface area (Å²) in [5.41, 5.74) is 1.17. The van der Waals surface area contributed by atoms with Crippen LogP contribution in [0, 0.1) is 5.92 Å². The average molecular weight is 189 g/mol. The number of benzene rings is 1. The van der Waals surface area contributed by atoms with Gasteiger partial charge in [0.05, 0.1) is 6.04 Å². The van der Waals surface area contributed by atoms with Crippen molar-refractivity contribution < 1.29 is 4.79 Å². The molecule has 1 amide bonds. The molecule has 0 aromatic heterocycles. The van der Waals surface area contributed by atoms with Crippen LogP contribution in [0.2, 0.25) is 0 Å². The van der Waals surface area contributed by atoms with Crippen LogP contribution in [-0.4, -0.2) is 5.91 Å². The van der Waals surface area contributed by atoms with E-state index < -0.39 is 0 Å². The van der Waals surface area contributed by atoms with E-state index in [0.29, 0.717) is 5.92 Å². The van der Waals surface area contributed by atoms with E-state index in [0.717, 1.165) is 12.8 Å². The molecule has 2 nitrogen and oxygen atoms in total. The second-order valence-electron chi connectivity index (χ2n) is 3.92. The van der Waals surface area contributed by atoms with Gasteiger partial charge in [-0.25, -0.2) is 0 Å². The summed E-state index contributed by atoms with van der Waals surface area (Å²) in [6.45, 7) is 2.02. The van der Waals surface area contributed by atoms with Gasteiger partial charge in [0.1, 0.15) is 0 Å². The van der Waals surface area contributed by atoms with Crippen LogP contribution in [0.15, 0.2) is 30.3 Å². The molecule has 1 aromatic rings. The Hall–Kier alpha value is -1.31. The highest BCUT2D eigenvalue weighted by molar-refractivity contribution is 5.81. The SMILES string of the molecule is C[C@H](NC(=O)C1CC1)c1ccccc1. The molecule has 14 heavy (non-hydrogen) atoms. The van der Waals surface area contributed by atoms with Gasteiger partial charge in [-0.1, -0.05) is 30.3 Å². The fourth-order valence-corrected chi connectivity index (χ4v) is 1.50. The van der Waals surface area contributed by atoms with Gasteiger partial charge in [-0.05, 0) is 25.3 Å².